The van der Waals surface area contributed by atoms with Crippen molar-refractivity contribution in [3.05, 3.63) is 23.8 Å². The van der Waals surface area contributed by atoms with Gasteiger partial charge < -0.3 is 19.9 Å². The molecule has 1 aromatic rings. The van der Waals surface area contributed by atoms with Crippen LogP contribution in [0.2, 0.25) is 0 Å². The molecule has 0 saturated heterocycles. The molecule has 2 fully saturated rings. The summed E-state index contributed by atoms with van der Waals surface area (Å²) >= 11 is 0. The third kappa shape index (κ3) is 4.11. The number of fused-ring (bicyclic) bond motifs is 2. The molecule has 4 unspecified atom stereocenters. The van der Waals surface area contributed by atoms with Crippen LogP contribution in [0.1, 0.15) is 50.1 Å². The number of ether oxygens (including phenoxy) is 2. The highest BCUT2D eigenvalue weighted by Gasteiger charge is 2.40. The van der Waals surface area contributed by atoms with Crippen molar-refractivity contribution in [3.8, 4) is 11.5 Å². The first-order valence-electron chi connectivity index (χ1n) is 9.23. The van der Waals surface area contributed by atoms with Gasteiger partial charge in [0.15, 0.2) is 0 Å². The summed E-state index contributed by atoms with van der Waals surface area (Å²) in [5.41, 5.74) is 0.650. The van der Waals surface area contributed by atoms with E-state index in [-0.39, 0.29) is 12.3 Å². The Bertz CT molecular complexity index is 674. The van der Waals surface area contributed by atoms with Crippen LogP contribution in [0.5, 0.6) is 11.5 Å². The fourth-order valence-electron chi connectivity index (χ4n) is 4.64. The minimum atomic E-state index is -0.965. The first-order valence-corrected chi connectivity index (χ1v) is 9.23. The van der Waals surface area contributed by atoms with E-state index in [1.165, 1.54) is 26.4 Å². The van der Waals surface area contributed by atoms with Gasteiger partial charge in [0.25, 0.3) is 0 Å². The molecular formula is C20H27NO5. The number of hydrogen-bond donors (Lipinski definition) is 2. The van der Waals surface area contributed by atoms with Crippen LogP contribution in [-0.2, 0) is 9.59 Å². The van der Waals surface area contributed by atoms with Crippen molar-refractivity contribution in [2.45, 2.75) is 44.6 Å². The van der Waals surface area contributed by atoms with E-state index in [1.807, 2.05) is 0 Å². The highest BCUT2D eigenvalue weighted by atomic mass is 16.5. The largest absolute Gasteiger partial charge is 0.497 e. The van der Waals surface area contributed by atoms with Crippen molar-refractivity contribution in [2.24, 2.45) is 17.8 Å². The molecule has 2 aliphatic carbocycles. The maximum Gasteiger partial charge on any atom is 0.305 e. The van der Waals surface area contributed by atoms with Crippen LogP contribution in [-0.4, -0.2) is 31.2 Å². The number of methoxy groups -OCH3 is 2. The molecule has 2 saturated carbocycles. The van der Waals surface area contributed by atoms with Gasteiger partial charge >= 0.3 is 5.97 Å². The van der Waals surface area contributed by atoms with E-state index in [0.29, 0.717) is 35.3 Å². The summed E-state index contributed by atoms with van der Waals surface area (Å²) in [6.07, 6.45) is 5.21. The summed E-state index contributed by atoms with van der Waals surface area (Å²) in [5.74, 6) is 1.98. The van der Waals surface area contributed by atoms with Gasteiger partial charge in [0.1, 0.15) is 11.5 Å². The summed E-state index contributed by atoms with van der Waals surface area (Å²) in [7, 11) is 3.08. The average molecular weight is 361 g/mol. The Labute approximate surface area is 153 Å². The van der Waals surface area contributed by atoms with E-state index in [9.17, 15) is 14.7 Å². The highest BCUT2D eigenvalue weighted by molar-refractivity contribution is 5.78. The molecule has 2 aliphatic rings. The Kier molecular flexibility index (Phi) is 5.69. The van der Waals surface area contributed by atoms with Gasteiger partial charge in [0.05, 0.1) is 26.7 Å². The molecule has 4 atom stereocenters. The number of nitrogens with one attached hydrogen (secondary N) is 1. The summed E-state index contributed by atoms with van der Waals surface area (Å²) in [5, 5.41) is 12.2. The number of carbonyl (C=O) groups excluding carboxylic acids is 1. The monoisotopic (exact) mass is 361 g/mol. The van der Waals surface area contributed by atoms with Crippen LogP contribution >= 0.6 is 0 Å². The van der Waals surface area contributed by atoms with Gasteiger partial charge in [-0.15, -0.1) is 0 Å². The van der Waals surface area contributed by atoms with Gasteiger partial charge in [0.2, 0.25) is 5.91 Å². The lowest BCUT2D eigenvalue weighted by Crippen LogP contribution is -2.32. The Morgan fingerprint density at radius 2 is 2.04 bits per heavy atom. The maximum absolute atomic E-state index is 12.6. The van der Waals surface area contributed by atoms with E-state index >= 15 is 0 Å². The number of carbonyl (C=O) groups is 2. The predicted molar refractivity (Wildman–Crippen MR) is 96.2 cm³/mol. The standard InChI is InChI=1S/C20H27NO5/c1-25-15-5-6-16(18(10-15)26-2)17(11-20(23)24)21-19(22)9-14-8-12-3-4-13(14)7-12/h5-6,10,12-14,17H,3-4,7-9,11H2,1-2H3,(H,21,22)(H,23,24). The Balaban J connectivity index is 1.71. The van der Waals surface area contributed by atoms with Gasteiger partial charge in [-0.2, -0.15) is 0 Å². The molecule has 1 amide bonds. The molecule has 26 heavy (non-hydrogen) atoms. The molecule has 142 valence electrons. The molecule has 2 bridgehead atoms. The fourth-order valence-corrected chi connectivity index (χ4v) is 4.64. The Morgan fingerprint density at radius 1 is 1.23 bits per heavy atom. The molecule has 1 aromatic carbocycles. The lowest BCUT2D eigenvalue weighted by molar-refractivity contribution is -0.137. The molecule has 0 heterocycles. The number of carboxylic acid groups (broad SMARTS) is 1. The quantitative estimate of drug-likeness (QED) is 0.743. The second-order valence-electron chi connectivity index (χ2n) is 7.46. The van der Waals surface area contributed by atoms with Crippen molar-refractivity contribution in [3.63, 3.8) is 0 Å². The molecule has 0 aliphatic heterocycles. The third-order valence-electron chi connectivity index (χ3n) is 5.86. The van der Waals surface area contributed by atoms with Crippen LogP contribution < -0.4 is 14.8 Å². The van der Waals surface area contributed by atoms with Gasteiger partial charge in [-0.25, -0.2) is 0 Å². The van der Waals surface area contributed by atoms with Gasteiger partial charge in [-0.1, -0.05) is 6.42 Å². The Hall–Kier alpha value is -2.24. The molecular weight excluding hydrogens is 334 g/mol. The number of amides is 1. The lowest BCUT2D eigenvalue weighted by atomic mass is 9.86. The first kappa shape index (κ1) is 18.5. The van der Waals surface area contributed by atoms with Gasteiger partial charge in [0, 0.05) is 18.1 Å². The summed E-state index contributed by atoms with van der Waals surface area (Å²) in [6.45, 7) is 0. The maximum atomic E-state index is 12.6. The van der Waals surface area contributed by atoms with Crippen molar-refractivity contribution < 1.29 is 24.2 Å². The second kappa shape index (κ2) is 7.98. The lowest BCUT2D eigenvalue weighted by Gasteiger charge is -2.24. The SMILES string of the molecule is COc1ccc(C(CC(=O)O)NC(=O)CC2CC3CCC2C3)c(OC)c1. The van der Waals surface area contributed by atoms with E-state index in [0.717, 1.165) is 12.3 Å². The summed E-state index contributed by atoms with van der Waals surface area (Å²) in [4.78, 5) is 23.9. The van der Waals surface area contributed by atoms with Gasteiger partial charge in [-0.3, -0.25) is 9.59 Å². The normalized spacial score (nSPS) is 24.9. The fraction of sp³-hybridized carbons (Fsp3) is 0.600. The first-order chi connectivity index (χ1) is 12.5. The van der Waals surface area contributed by atoms with Crippen LogP contribution in [0.15, 0.2) is 18.2 Å². The van der Waals surface area contributed by atoms with E-state index in [4.69, 9.17) is 9.47 Å². The zero-order valence-electron chi connectivity index (χ0n) is 15.4. The van der Waals surface area contributed by atoms with Crippen molar-refractivity contribution in [1.82, 2.24) is 5.32 Å². The minimum Gasteiger partial charge on any atom is -0.497 e. The topological polar surface area (TPSA) is 84.9 Å². The molecule has 6 nitrogen and oxygen atoms in total. The van der Waals surface area contributed by atoms with Crippen LogP contribution in [0.4, 0.5) is 0 Å². The molecule has 3 rings (SSSR count). The van der Waals surface area contributed by atoms with E-state index in [1.54, 1.807) is 25.3 Å². The minimum absolute atomic E-state index is 0.0772. The van der Waals surface area contributed by atoms with Crippen molar-refractivity contribution in [1.29, 1.82) is 0 Å². The number of carboxylic acids is 1. The number of rotatable bonds is 8. The van der Waals surface area contributed by atoms with Crippen LogP contribution in [0.25, 0.3) is 0 Å². The summed E-state index contributed by atoms with van der Waals surface area (Å²) in [6, 6.07) is 4.57. The van der Waals surface area contributed by atoms with Gasteiger partial charge in [-0.05, 0) is 49.1 Å². The van der Waals surface area contributed by atoms with Crippen LogP contribution in [0.3, 0.4) is 0 Å². The van der Waals surface area contributed by atoms with Crippen LogP contribution in [0, 0.1) is 17.8 Å². The van der Waals surface area contributed by atoms with Crippen molar-refractivity contribution in [2.75, 3.05) is 14.2 Å². The van der Waals surface area contributed by atoms with E-state index < -0.39 is 12.0 Å². The molecule has 0 spiro atoms. The highest BCUT2D eigenvalue weighted by Crippen LogP contribution is 2.49. The third-order valence-corrected chi connectivity index (χ3v) is 5.86. The molecule has 0 aromatic heterocycles. The average Bonchev–Trinajstić information content (AvgIpc) is 3.23. The van der Waals surface area contributed by atoms with Crippen molar-refractivity contribution >= 4 is 11.9 Å². The number of aliphatic carboxylic acids is 1. The second-order valence-corrected chi connectivity index (χ2v) is 7.46. The molecule has 0 radical (unpaired) electrons. The van der Waals surface area contributed by atoms with E-state index in [2.05, 4.69) is 5.32 Å². The number of benzene rings is 1. The molecule has 2 N–H and O–H groups in total. The number of hydrogen-bond acceptors (Lipinski definition) is 4. The summed E-state index contributed by atoms with van der Waals surface area (Å²) < 4.78 is 10.6. The zero-order chi connectivity index (χ0) is 18.7. The predicted octanol–water partition coefficient (Wildman–Crippen LogP) is 3.16. The molecule has 6 heteroatoms. The Morgan fingerprint density at radius 3 is 2.62 bits per heavy atom. The zero-order valence-corrected chi connectivity index (χ0v) is 15.4. The smallest absolute Gasteiger partial charge is 0.305 e.